The highest BCUT2D eigenvalue weighted by atomic mass is 16.5. The van der Waals surface area contributed by atoms with Gasteiger partial charge in [-0.25, -0.2) is 0 Å². The Labute approximate surface area is 87.1 Å². The lowest BCUT2D eigenvalue weighted by atomic mass is 9.85. The zero-order valence-electron chi connectivity index (χ0n) is 8.45. The normalized spacial score (nSPS) is 12.5. The third-order valence-corrected chi connectivity index (χ3v) is 1.79. The number of benzene rings is 1. The van der Waals surface area contributed by atoms with E-state index >= 15 is 0 Å². The fourth-order valence-electron chi connectivity index (χ4n) is 1.23. The summed E-state index contributed by atoms with van der Waals surface area (Å²) in [5, 5.41) is 9.06. The number of aliphatic hydroxyl groups excluding tert-OH is 1. The van der Waals surface area contributed by atoms with Gasteiger partial charge in [0.2, 0.25) is 0 Å². The van der Waals surface area contributed by atoms with E-state index in [4.69, 9.17) is 25.5 Å². The molecule has 0 aliphatic heterocycles. The molecule has 0 heterocycles. The van der Waals surface area contributed by atoms with Crippen LogP contribution >= 0.6 is 0 Å². The second kappa shape index (κ2) is 4.56. The molecule has 0 spiro atoms. The molecule has 70 valence electrons. The summed E-state index contributed by atoms with van der Waals surface area (Å²) in [6, 6.07) is 3.43. The molecule has 0 aliphatic rings. The lowest BCUT2D eigenvalue weighted by molar-refractivity contribution is 0.123. The van der Waals surface area contributed by atoms with Gasteiger partial charge in [-0.1, -0.05) is 23.1 Å². The molecule has 1 rings (SSSR count). The van der Waals surface area contributed by atoms with E-state index in [9.17, 15) is 0 Å². The number of hydrogen-bond donors (Lipinski definition) is 1. The third kappa shape index (κ3) is 2.81. The Morgan fingerprint density at radius 3 is 2.57 bits per heavy atom. The molecule has 0 fully saturated rings. The first-order valence-corrected chi connectivity index (χ1v) is 4.47. The average molecular weight is 186 g/mol. The average Bonchev–Trinajstić information content (AvgIpc) is 2.01. The minimum absolute atomic E-state index is 0.231. The first kappa shape index (κ1) is 11.2. The smallest absolute Gasteiger partial charge is 0.118 e. The lowest BCUT2D eigenvalue weighted by Gasteiger charge is -2.14. The van der Waals surface area contributed by atoms with Crippen molar-refractivity contribution >= 4 is 26.6 Å². The van der Waals surface area contributed by atoms with Crippen LogP contribution in [0.3, 0.4) is 0 Å². The molecule has 4 radical (unpaired) electrons. The summed E-state index contributed by atoms with van der Waals surface area (Å²) in [4.78, 5) is 0. The van der Waals surface area contributed by atoms with Gasteiger partial charge in [-0.3, -0.25) is 0 Å². The van der Waals surface area contributed by atoms with Gasteiger partial charge in [-0.05, 0) is 19.4 Å². The Hall–Kier alpha value is -0.890. The zero-order chi connectivity index (χ0) is 10.7. The molecule has 2 nitrogen and oxygen atoms in total. The molecule has 1 unspecified atom stereocenters. The summed E-state index contributed by atoms with van der Waals surface area (Å²) in [5.74, 6) is 0.597. The molecule has 0 aliphatic carbocycles. The second-order valence-electron chi connectivity index (χ2n) is 3.42. The van der Waals surface area contributed by atoms with Gasteiger partial charge in [0.1, 0.15) is 28.0 Å². The van der Waals surface area contributed by atoms with Gasteiger partial charge >= 0.3 is 0 Å². The van der Waals surface area contributed by atoms with Crippen LogP contribution in [0, 0.1) is 6.92 Å². The standard InChI is InChI=1S/C10H12B2O2/c1-6-3-8(11)4-9(12)10(6)14-5-7(2)13/h3-4,7,13H,5H2,1-2H3. The molecule has 1 aromatic carbocycles. The Morgan fingerprint density at radius 2 is 2.07 bits per heavy atom. The van der Waals surface area contributed by atoms with E-state index in [1.807, 2.05) is 6.92 Å². The predicted octanol–water partition coefficient (Wildman–Crippen LogP) is -0.658. The van der Waals surface area contributed by atoms with E-state index in [0.717, 1.165) is 5.56 Å². The molecule has 4 heteroatoms. The Kier molecular flexibility index (Phi) is 3.64. The highest BCUT2D eigenvalue weighted by Crippen LogP contribution is 2.12. The maximum absolute atomic E-state index is 9.06. The quantitative estimate of drug-likeness (QED) is 0.635. The summed E-state index contributed by atoms with van der Waals surface area (Å²) in [6.07, 6.45) is -0.508. The van der Waals surface area contributed by atoms with Crippen LogP contribution in [0.25, 0.3) is 0 Å². The summed E-state index contributed by atoms with van der Waals surface area (Å²) < 4.78 is 5.35. The first-order chi connectivity index (χ1) is 6.50. The van der Waals surface area contributed by atoms with Gasteiger partial charge in [0.15, 0.2) is 0 Å². The molecule has 1 N–H and O–H groups in total. The summed E-state index contributed by atoms with van der Waals surface area (Å²) in [5.41, 5.74) is 2.00. The van der Waals surface area contributed by atoms with Crippen LogP contribution in [-0.4, -0.2) is 33.5 Å². The van der Waals surface area contributed by atoms with Gasteiger partial charge < -0.3 is 9.84 Å². The van der Waals surface area contributed by atoms with Crippen molar-refractivity contribution in [2.75, 3.05) is 6.61 Å². The Morgan fingerprint density at radius 1 is 1.43 bits per heavy atom. The van der Waals surface area contributed by atoms with Crippen LogP contribution in [0.2, 0.25) is 0 Å². The van der Waals surface area contributed by atoms with E-state index in [-0.39, 0.29) is 6.61 Å². The molecule has 1 aromatic rings. The van der Waals surface area contributed by atoms with Crippen LogP contribution < -0.4 is 15.7 Å². The van der Waals surface area contributed by atoms with Crippen LogP contribution in [0.4, 0.5) is 0 Å². The van der Waals surface area contributed by atoms with Crippen LogP contribution in [0.1, 0.15) is 12.5 Å². The first-order valence-electron chi connectivity index (χ1n) is 4.47. The molecular weight excluding hydrogens is 174 g/mol. The number of rotatable bonds is 3. The van der Waals surface area contributed by atoms with Gasteiger partial charge in [0.25, 0.3) is 0 Å². The molecule has 0 saturated heterocycles. The lowest BCUT2D eigenvalue weighted by Crippen LogP contribution is -2.21. The Balaban J connectivity index is 2.86. The van der Waals surface area contributed by atoms with Crippen LogP contribution in [0.5, 0.6) is 5.75 Å². The van der Waals surface area contributed by atoms with Crippen molar-refractivity contribution in [2.45, 2.75) is 20.0 Å². The fourth-order valence-corrected chi connectivity index (χ4v) is 1.23. The van der Waals surface area contributed by atoms with Crippen molar-refractivity contribution in [3.05, 3.63) is 17.7 Å². The van der Waals surface area contributed by atoms with Crippen molar-refractivity contribution in [3.8, 4) is 5.75 Å². The number of hydrogen-bond acceptors (Lipinski definition) is 2. The monoisotopic (exact) mass is 186 g/mol. The fraction of sp³-hybridized carbons (Fsp3) is 0.400. The predicted molar refractivity (Wildman–Crippen MR) is 59.1 cm³/mol. The molecule has 0 saturated carbocycles. The van der Waals surface area contributed by atoms with Gasteiger partial charge in [-0.2, -0.15) is 0 Å². The molecule has 0 amide bonds. The summed E-state index contributed by atoms with van der Waals surface area (Å²) in [7, 11) is 11.3. The molecule has 1 atom stereocenters. The van der Waals surface area contributed by atoms with Crippen LogP contribution in [0.15, 0.2) is 12.1 Å². The second-order valence-corrected chi connectivity index (χ2v) is 3.42. The largest absolute Gasteiger partial charge is 0.491 e. The number of ether oxygens (including phenoxy) is 1. The highest BCUT2D eigenvalue weighted by molar-refractivity contribution is 6.39. The minimum Gasteiger partial charge on any atom is -0.491 e. The van der Waals surface area contributed by atoms with Crippen molar-refractivity contribution in [3.63, 3.8) is 0 Å². The highest BCUT2D eigenvalue weighted by Gasteiger charge is 2.05. The van der Waals surface area contributed by atoms with Crippen LogP contribution in [-0.2, 0) is 0 Å². The van der Waals surface area contributed by atoms with Gasteiger partial charge in [0.05, 0.1) is 6.10 Å². The van der Waals surface area contributed by atoms with Crippen molar-refractivity contribution in [1.82, 2.24) is 0 Å². The van der Waals surface area contributed by atoms with Gasteiger partial charge in [0, 0.05) is 0 Å². The van der Waals surface area contributed by atoms with E-state index in [1.165, 1.54) is 0 Å². The van der Waals surface area contributed by atoms with Crippen molar-refractivity contribution in [1.29, 1.82) is 0 Å². The topological polar surface area (TPSA) is 29.5 Å². The molecule has 0 bridgehead atoms. The SMILES string of the molecule is [B]c1cc([B])c(OCC(C)O)c(C)c1. The summed E-state index contributed by atoms with van der Waals surface area (Å²) >= 11 is 0. The molecular formula is C10H12B2O2. The van der Waals surface area contributed by atoms with Crippen molar-refractivity contribution in [2.24, 2.45) is 0 Å². The zero-order valence-corrected chi connectivity index (χ0v) is 8.45. The number of aliphatic hydroxyl groups is 1. The van der Waals surface area contributed by atoms with E-state index < -0.39 is 6.10 Å². The Bertz CT molecular complexity index is 301. The van der Waals surface area contributed by atoms with E-state index in [2.05, 4.69) is 0 Å². The number of aryl methyl sites for hydroxylation is 1. The molecule has 14 heavy (non-hydrogen) atoms. The van der Waals surface area contributed by atoms with E-state index in [0.29, 0.717) is 16.7 Å². The third-order valence-electron chi connectivity index (χ3n) is 1.79. The molecule has 0 aromatic heterocycles. The maximum Gasteiger partial charge on any atom is 0.118 e. The van der Waals surface area contributed by atoms with Crippen molar-refractivity contribution < 1.29 is 9.84 Å². The summed E-state index contributed by atoms with van der Waals surface area (Å²) in [6.45, 7) is 3.75. The van der Waals surface area contributed by atoms with E-state index in [1.54, 1.807) is 19.1 Å². The van der Waals surface area contributed by atoms with Gasteiger partial charge in [-0.15, -0.1) is 0 Å². The minimum atomic E-state index is -0.508. The maximum atomic E-state index is 9.06.